The monoisotopic (exact) mass is 165 g/mol. The fraction of sp³-hybridized carbons (Fsp3) is 0.200. The highest BCUT2D eigenvalue weighted by molar-refractivity contribution is 5.27. The minimum Gasteiger partial charge on any atom is -0.318 e. The fourth-order valence-electron chi connectivity index (χ4n) is 0.927. The maximum atomic E-state index is 12.5. The zero-order valence-electron chi connectivity index (χ0n) is 7.05. The van der Waals surface area contributed by atoms with Gasteiger partial charge in [0.15, 0.2) is 0 Å². The van der Waals surface area contributed by atoms with Crippen molar-refractivity contribution in [1.29, 1.82) is 0 Å². The van der Waals surface area contributed by atoms with Crippen LogP contribution in [-0.2, 0) is 5.54 Å². The van der Waals surface area contributed by atoms with Crippen LogP contribution in [0, 0.1) is 5.82 Å². The van der Waals surface area contributed by atoms with Gasteiger partial charge in [-0.25, -0.2) is 4.39 Å². The van der Waals surface area contributed by atoms with Gasteiger partial charge in [0.25, 0.3) is 0 Å². The summed E-state index contributed by atoms with van der Waals surface area (Å²) in [5, 5.41) is 0. The molecule has 0 heterocycles. The molecule has 0 aliphatic rings. The zero-order chi connectivity index (χ0) is 9.19. The molecule has 1 rings (SSSR count). The van der Waals surface area contributed by atoms with Crippen LogP contribution in [0.15, 0.2) is 36.9 Å². The van der Waals surface area contributed by atoms with Gasteiger partial charge in [0, 0.05) is 0 Å². The fourth-order valence-corrected chi connectivity index (χ4v) is 0.927. The molecule has 1 atom stereocenters. The zero-order valence-corrected chi connectivity index (χ0v) is 7.05. The Morgan fingerprint density at radius 2 is 1.92 bits per heavy atom. The smallest absolute Gasteiger partial charge is 0.123 e. The standard InChI is InChI=1S/C10H12FN/c1-3-10(2,12)8-4-6-9(11)7-5-8/h3-7H,1,12H2,2H3/t10-/m1/s1. The van der Waals surface area contributed by atoms with E-state index in [-0.39, 0.29) is 5.82 Å². The van der Waals surface area contributed by atoms with Crippen molar-refractivity contribution >= 4 is 0 Å². The van der Waals surface area contributed by atoms with Gasteiger partial charge >= 0.3 is 0 Å². The number of hydrogen-bond acceptors (Lipinski definition) is 1. The van der Waals surface area contributed by atoms with Gasteiger partial charge in [0.1, 0.15) is 5.82 Å². The minimum absolute atomic E-state index is 0.251. The summed E-state index contributed by atoms with van der Waals surface area (Å²) in [5.74, 6) is -0.251. The van der Waals surface area contributed by atoms with Crippen molar-refractivity contribution in [2.45, 2.75) is 12.5 Å². The normalized spacial score (nSPS) is 15.2. The van der Waals surface area contributed by atoms with Crippen LogP contribution in [0.25, 0.3) is 0 Å². The number of nitrogens with two attached hydrogens (primary N) is 1. The minimum atomic E-state index is -0.576. The van der Waals surface area contributed by atoms with Gasteiger partial charge in [0.05, 0.1) is 5.54 Å². The quantitative estimate of drug-likeness (QED) is 0.668. The first-order valence-electron chi connectivity index (χ1n) is 3.75. The maximum Gasteiger partial charge on any atom is 0.123 e. The summed E-state index contributed by atoms with van der Waals surface area (Å²) in [7, 11) is 0. The summed E-state index contributed by atoms with van der Waals surface area (Å²) in [4.78, 5) is 0. The first-order valence-corrected chi connectivity index (χ1v) is 3.75. The molecule has 0 radical (unpaired) electrons. The Hall–Kier alpha value is -1.15. The highest BCUT2D eigenvalue weighted by Gasteiger charge is 2.15. The van der Waals surface area contributed by atoms with Crippen molar-refractivity contribution in [1.82, 2.24) is 0 Å². The van der Waals surface area contributed by atoms with Crippen LogP contribution in [0.3, 0.4) is 0 Å². The first kappa shape index (κ1) is 8.94. The van der Waals surface area contributed by atoms with Crippen LogP contribution >= 0.6 is 0 Å². The lowest BCUT2D eigenvalue weighted by Gasteiger charge is -2.19. The van der Waals surface area contributed by atoms with Crippen LogP contribution in [0.2, 0.25) is 0 Å². The van der Waals surface area contributed by atoms with E-state index in [4.69, 9.17) is 5.73 Å². The summed E-state index contributed by atoms with van der Waals surface area (Å²) in [6, 6.07) is 6.11. The van der Waals surface area contributed by atoms with Crippen LogP contribution in [-0.4, -0.2) is 0 Å². The van der Waals surface area contributed by atoms with Gasteiger partial charge in [-0.2, -0.15) is 0 Å². The molecule has 12 heavy (non-hydrogen) atoms. The second-order valence-corrected chi connectivity index (χ2v) is 2.99. The van der Waals surface area contributed by atoms with E-state index in [1.165, 1.54) is 12.1 Å². The molecule has 0 amide bonds. The molecule has 1 nitrogen and oxygen atoms in total. The summed E-state index contributed by atoms with van der Waals surface area (Å²) in [6.45, 7) is 5.44. The van der Waals surface area contributed by atoms with E-state index in [0.717, 1.165) is 5.56 Å². The van der Waals surface area contributed by atoms with E-state index in [0.29, 0.717) is 0 Å². The molecule has 0 saturated carbocycles. The number of rotatable bonds is 2. The van der Waals surface area contributed by atoms with Crippen molar-refractivity contribution in [3.8, 4) is 0 Å². The Balaban J connectivity index is 3.04. The largest absolute Gasteiger partial charge is 0.318 e. The average Bonchev–Trinajstić information content (AvgIpc) is 2.05. The second-order valence-electron chi connectivity index (χ2n) is 2.99. The molecule has 1 aromatic rings. The van der Waals surface area contributed by atoms with Crippen molar-refractivity contribution in [2.75, 3.05) is 0 Å². The third-order valence-corrected chi connectivity index (χ3v) is 1.89. The third kappa shape index (κ3) is 1.71. The molecule has 0 fully saturated rings. The van der Waals surface area contributed by atoms with E-state index in [1.807, 2.05) is 6.92 Å². The highest BCUT2D eigenvalue weighted by atomic mass is 19.1. The molecule has 0 bridgehead atoms. The molecule has 0 unspecified atom stereocenters. The molecule has 0 aromatic heterocycles. The lowest BCUT2D eigenvalue weighted by Crippen LogP contribution is -2.29. The summed E-state index contributed by atoms with van der Waals surface area (Å²) < 4.78 is 12.5. The van der Waals surface area contributed by atoms with Gasteiger partial charge in [-0.15, -0.1) is 6.58 Å². The van der Waals surface area contributed by atoms with Crippen molar-refractivity contribution in [2.24, 2.45) is 5.73 Å². The first-order chi connectivity index (χ1) is 5.56. The molecule has 0 spiro atoms. The molecule has 2 N–H and O–H groups in total. The van der Waals surface area contributed by atoms with Gasteiger partial charge in [-0.3, -0.25) is 0 Å². The van der Waals surface area contributed by atoms with Crippen molar-refractivity contribution in [3.05, 3.63) is 48.3 Å². The summed E-state index contributed by atoms with van der Waals surface area (Å²) in [5.41, 5.74) is 6.13. The Kier molecular flexibility index (Phi) is 2.29. The van der Waals surface area contributed by atoms with Gasteiger partial charge in [0.2, 0.25) is 0 Å². The third-order valence-electron chi connectivity index (χ3n) is 1.89. The Labute approximate surface area is 71.7 Å². The van der Waals surface area contributed by atoms with E-state index in [2.05, 4.69) is 6.58 Å². The molecule has 0 aliphatic heterocycles. The Bertz CT molecular complexity index is 274. The highest BCUT2D eigenvalue weighted by Crippen LogP contribution is 2.18. The number of hydrogen-bond donors (Lipinski definition) is 1. The van der Waals surface area contributed by atoms with Crippen molar-refractivity contribution < 1.29 is 4.39 Å². The van der Waals surface area contributed by atoms with Crippen molar-refractivity contribution in [3.63, 3.8) is 0 Å². The molecule has 2 heteroatoms. The SMILES string of the molecule is C=C[C@@](C)(N)c1ccc(F)cc1. The average molecular weight is 165 g/mol. The van der Waals surface area contributed by atoms with Gasteiger partial charge in [-0.1, -0.05) is 18.2 Å². The summed E-state index contributed by atoms with van der Waals surface area (Å²) >= 11 is 0. The molecule has 0 saturated heterocycles. The number of benzene rings is 1. The Morgan fingerprint density at radius 3 is 2.33 bits per heavy atom. The lowest BCUT2D eigenvalue weighted by molar-refractivity contribution is 0.610. The van der Waals surface area contributed by atoms with Crippen LogP contribution < -0.4 is 5.73 Å². The molecule has 1 aromatic carbocycles. The topological polar surface area (TPSA) is 26.0 Å². The summed E-state index contributed by atoms with van der Waals surface area (Å²) in [6.07, 6.45) is 1.64. The predicted octanol–water partition coefficient (Wildman–Crippen LogP) is 2.19. The lowest BCUT2D eigenvalue weighted by atomic mass is 9.94. The van der Waals surface area contributed by atoms with E-state index in [1.54, 1.807) is 18.2 Å². The Morgan fingerprint density at radius 1 is 1.42 bits per heavy atom. The van der Waals surface area contributed by atoms with Crippen LogP contribution in [0.4, 0.5) is 4.39 Å². The predicted molar refractivity (Wildman–Crippen MR) is 48.1 cm³/mol. The van der Waals surface area contributed by atoms with E-state index in [9.17, 15) is 4.39 Å². The molecular formula is C10H12FN. The second kappa shape index (κ2) is 3.07. The van der Waals surface area contributed by atoms with Crippen LogP contribution in [0.5, 0.6) is 0 Å². The maximum absolute atomic E-state index is 12.5. The molecular weight excluding hydrogens is 153 g/mol. The van der Waals surface area contributed by atoms with Crippen LogP contribution in [0.1, 0.15) is 12.5 Å². The molecule has 0 aliphatic carbocycles. The number of halogens is 1. The van der Waals surface area contributed by atoms with E-state index < -0.39 is 5.54 Å². The molecule has 64 valence electrons. The van der Waals surface area contributed by atoms with Gasteiger partial charge in [-0.05, 0) is 24.6 Å². The van der Waals surface area contributed by atoms with E-state index >= 15 is 0 Å². The van der Waals surface area contributed by atoms with Gasteiger partial charge < -0.3 is 5.73 Å².